The van der Waals surface area contributed by atoms with Crippen molar-refractivity contribution in [3.05, 3.63) is 12.2 Å². The maximum atomic E-state index is 12.6. The Labute approximate surface area is 125 Å². The number of alkyl halides is 3. The lowest BCUT2D eigenvalue weighted by molar-refractivity contribution is -0.149. The molecule has 2 rings (SSSR count). The third-order valence-corrected chi connectivity index (χ3v) is 3.73. The first-order valence-electron chi connectivity index (χ1n) is 6.74. The molecule has 7 nitrogen and oxygen atoms in total. The highest BCUT2D eigenvalue weighted by Crippen LogP contribution is 2.32. The van der Waals surface area contributed by atoms with Crippen molar-refractivity contribution in [1.29, 1.82) is 0 Å². The molecule has 1 aromatic rings. The minimum atomic E-state index is -4.49. The van der Waals surface area contributed by atoms with E-state index in [0.29, 0.717) is 12.2 Å². The molecule has 1 saturated heterocycles. The van der Waals surface area contributed by atoms with Crippen LogP contribution in [0.3, 0.4) is 0 Å². The number of halogens is 3. The van der Waals surface area contributed by atoms with Crippen LogP contribution in [0.5, 0.6) is 0 Å². The molecule has 1 aliphatic rings. The molecule has 1 aliphatic heterocycles. The van der Waals surface area contributed by atoms with Crippen molar-refractivity contribution in [2.45, 2.75) is 37.7 Å². The number of hydrogen-bond acceptors (Lipinski definition) is 4. The van der Waals surface area contributed by atoms with Crippen LogP contribution >= 0.6 is 0 Å². The molecule has 1 fully saturated rings. The van der Waals surface area contributed by atoms with Gasteiger partial charge in [-0.25, -0.2) is 4.79 Å². The average molecular weight is 321 g/mol. The Morgan fingerprint density at radius 2 is 2.23 bits per heavy atom. The minimum Gasteiger partial charge on any atom is -0.380 e. The predicted molar refractivity (Wildman–Crippen MR) is 69.9 cm³/mol. The van der Waals surface area contributed by atoms with Gasteiger partial charge in [-0.2, -0.15) is 13.2 Å². The summed E-state index contributed by atoms with van der Waals surface area (Å²) in [6.45, 7) is 1.10. The van der Waals surface area contributed by atoms with E-state index in [2.05, 4.69) is 10.2 Å². The number of hydrogen-bond donors (Lipinski definition) is 1. The van der Waals surface area contributed by atoms with E-state index in [0.717, 1.165) is 6.92 Å². The summed E-state index contributed by atoms with van der Waals surface area (Å²) in [5.41, 5.74) is 0. The summed E-state index contributed by atoms with van der Waals surface area (Å²) >= 11 is 0. The number of methoxy groups -OCH3 is 1. The number of carbonyl (C=O) groups is 1. The fourth-order valence-corrected chi connectivity index (χ4v) is 2.38. The quantitative estimate of drug-likeness (QED) is 0.909. The van der Waals surface area contributed by atoms with Crippen molar-refractivity contribution >= 4 is 6.03 Å². The summed E-state index contributed by atoms with van der Waals surface area (Å²) < 4.78 is 44.6. The second-order valence-corrected chi connectivity index (χ2v) is 5.27. The normalized spacial score (nSPS) is 23.6. The minimum absolute atomic E-state index is 0.199. The largest absolute Gasteiger partial charge is 0.408 e. The first kappa shape index (κ1) is 16.5. The van der Waals surface area contributed by atoms with E-state index in [1.807, 2.05) is 5.32 Å². The summed E-state index contributed by atoms with van der Waals surface area (Å²) in [6, 6.07) is -3.20. The van der Waals surface area contributed by atoms with Gasteiger partial charge in [0.05, 0.1) is 12.1 Å². The van der Waals surface area contributed by atoms with E-state index >= 15 is 0 Å². The number of likely N-dealkylation sites (tertiary alicyclic amines) is 1. The fraction of sp³-hybridized carbons (Fsp3) is 0.750. The predicted octanol–water partition coefficient (Wildman–Crippen LogP) is 1.24. The van der Waals surface area contributed by atoms with Crippen molar-refractivity contribution in [2.75, 3.05) is 13.7 Å². The van der Waals surface area contributed by atoms with Crippen LogP contribution < -0.4 is 5.32 Å². The van der Waals surface area contributed by atoms with Crippen LogP contribution in [0.2, 0.25) is 0 Å². The van der Waals surface area contributed by atoms with Crippen LogP contribution in [0.4, 0.5) is 18.0 Å². The Bertz CT molecular complexity index is 533. The number of nitrogens with zero attached hydrogens (tertiary/aromatic N) is 4. The SMILES string of the molecule is CO[C@@H]1C[C@@H](c2nncn2C)N(C(=O)N[C@@H](C)C(F)(F)F)C1. The molecular weight excluding hydrogens is 303 g/mol. The number of rotatable bonds is 3. The van der Waals surface area contributed by atoms with Gasteiger partial charge in [0.25, 0.3) is 0 Å². The highest BCUT2D eigenvalue weighted by Gasteiger charge is 2.42. The highest BCUT2D eigenvalue weighted by molar-refractivity contribution is 5.75. The summed E-state index contributed by atoms with van der Waals surface area (Å²) in [5.74, 6) is 0.509. The summed E-state index contributed by atoms with van der Waals surface area (Å²) in [6.07, 6.45) is -2.81. The van der Waals surface area contributed by atoms with Gasteiger partial charge in [0.2, 0.25) is 0 Å². The maximum Gasteiger partial charge on any atom is 0.408 e. The molecule has 22 heavy (non-hydrogen) atoms. The highest BCUT2D eigenvalue weighted by atomic mass is 19.4. The number of aromatic nitrogens is 3. The number of amides is 2. The lowest BCUT2D eigenvalue weighted by Crippen LogP contribution is -2.49. The number of nitrogens with one attached hydrogen (secondary N) is 1. The van der Waals surface area contributed by atoms with Crippen LogP contribution in [-0.4, -0.2) is 57.7 Å². The van der Waals surface area contributed by atoms with Crippen molar-refractivity contribution in [1.82, 2.24) is 25.0 Å². The fourth-order valence-electron chi connectivity index (χ4n) is 2.38. The first-order valence-corrected chi connectivity index (χ1v) is 6.74. The number of ether oxygens (including phenoxy) is 1. The van der Waals surface area contributed by atoms with E-state index in [9.17, 15) is 18.0 Å². The van der Waals surface area contributed by atoms with Gasteiger partial charge in [0.1, 0.15) is 12.4 Å². The Kier molecular flexibility index (Phi) is 4.59. The van der Waals surface area contributed by atoms with Crippen molar-refractivity contribution in [2.24, 2.45) is 7.05 Å². The summed E-state index contributed by atoms with van der Waals surface area (Å²) in [5, 5.41) is 9.65. The van der Waals surface area contributed by atoms with E-state index in [1.54, 1.807) is 11.6 Å². The standard InChI is InChI=1S/C12H18F3N5O2/c1-7(12(13,14)15)17-11(21)20-5-8(22-3)4-9(20)10-18-16-6-19(10)2/h6-9H,4-5H2,1-3H3,(H,17,21)/t7-,8+,9-/m0/s1. The smallest absolute Gasteiger partial charge is 0.380 e. The molecule has 0 saturated carbocycles. The lowest BCUT2D eigenvalue weighted by atomic mass is 10.2. The molecule has 1 aromatic heterocycles. The van der Waals surface area contributed by atoms with E-state index in [1.165, 1.54) is 18.3 Å². The molecule has 0 spiro atoms. The van der Waals surface area contributed by atoms with Crippen molar-refractivity contribution in [3.63, 3.8) is 0 Å². The van der Waals surface area contributed by atoms with Crippen LogP contribution in [0, 0.1) is 0 Å². The molecule has 0 radical (unpaired) electrons. The zero-order chi connectivity index (χ0) is 16.5. The third kappa shape index (κ3) is 3.32. The van der Waals surface area contributed by atoms with Gasteiger partial charge in [-0.3, -0.25) is 0 Å². The van der Waals surface area contributed by atoms with Gasteiger partial charge in [0, 0.05) is 27.1 Å². The van der Waals surface area contributed by atoms with Gasteiger partial charge < -0.3 is 19.5 Å². The van der Waals surface area contributed by atoms with Crippen LogP contribution in [0.1, 0.15) is 25.2 Å². The molecule has 1 N–H and O–H groups in total. The molecule has 2 heterocycles. The molecule has 3 atom stereocenters. The molecule has 0 aliphatic carbocycles. The van der Waals surface area contributed by atoms with Gasteiger partial charge >= 0.3 is 12.2 Å². The molecule has 2 amide bonds. The lowest BCUT2D eigenvalue weighted by Gasteiger charge is -2.26. The molecule has 0 bridgehead atoms. The van der Waals surface area contributed by atoms with Gasteiger partial charge in [-0.05, 0) is 6.92 Å². The summed E-state index contributed by atoms with van der Waals surface area (Å²) in [7, 11) is 3.21. The Morgan fingerprint density at radius 1 is 1.55 bits per heavy atom. The van der Waals surface area contributed by atoms with Gasteiger partial charge in [-0.15, -0.1) is 10.2 Å². The van der Waals surface area contributed by atoms with Gasteiger partial charge in [-0.1, -0.05) is 0 Å². The van der Waals surface area contributed by atoms with Crippen LogP contribution in [0.25, 0.3) is 0 Å². The summed E-state index contributed by atoms with van der Waals surface area (Å²) in [4.78, 5) is 13.5. The van der Waals surface area contributed by atoms with Crippen LogP contribution in [0.15, 0.2) is 6.33 Å². The van der Waals surface area contributed by atoms with E-state index < -0.39 is 24.3 Å². The molecular formula is C12H18F3N5O2. The molecule has 10 heteroatoms. The Morgan fingerprint density at radius 3 is 2.73 bits per heavy atom. The third-order valence-electron chi connectivity index (χ3n) is 3.73. The zero-order valence-electron chi connectivity index (χ0n) is 12.5. The average Bonchev–Trinajstić information content (AvgIpc) is 3.02. The maximum absolute atomic E-state index is 12.6. The van der Waals surface area contributed by atoms with Gasteiger partial charge in [0.15, 0.2) is 5.82 Å². The van der Waals surface area contributed by atoms with Crippen LogP contribution in [-0.2, 0) is 11.8 Å². The van der Waals surface area contributed by atoms with E-state index in [4.69, 9.17) is 4.74 Å². The first-order chi connectivity index (χ1) is 10.2. The van der Waals surface area contributed by atoms with Crippen molar-refractivity contribution < 1.29 is 22.7 Å². The monoisotopic (exact) mass is 321 g/mol. The molecule has 0 aromatic carbocycles. The second kappa shape index (κ2) is 6.11. The Balaban J connectivity index is 2.16. The number of carbonyl (C=O) groups excluding carboxylic acids is 1. The molecule has 124 valence electrons. The zero-order valence-corrected chi connectivity index (χ0v) is 12.5. The second-order valence-electron chi connectivity index (χ2n) is 5.27. The number of aryl methyl sites for hydroxylation is 1. The van der Waals surface area contributed by atoms with E-state index in [-0.39, 0.29) is 12.6 Å². The topological polar surface area (TPSA) is 72.3 Å². The number of urea groups is 1. The Hall–Kier alpha value is -1.84. The molecule has 0 unspecified atom stereocenters. The van der Waals surface area contributed by atoms with Crippen molar-refractivity contribution in [3.8, 4) is 0 Å².